The summed E-state index contributed by atoms with van der Waals surface area (Å²) in [5.41, 5.74) is 6.86. The van der Waals surface area contributed by atoms with Crippen molar-refractivity contribution in [3.63, 3.8) is 0 Å². The number of hydrogen-bond donors (Lipinski definition) is 6. The molecule has 10 nitrogen and oxygen atoms in total. The molecule has 0 radical (unpaired) electrons. The molecule has 0 unspecified atom stereocenters. The number of carbonyl (C=O) groups is 4. The Bertz CT molecular complexity index is 441. The molecule has 0 saturated heterocycles. The molecule has 0 aliphatic carbocycles. The lowest BCUT2D eigenvalue weighted by molar-refractivity contribution is -0.126. The van der Waals surface area contributed by atoms with Gasteiger partial charge in [-0.1, -0.05) is 35.4 Å². The highest BCUT2D eigenvalue weighted by Crippen LogP contribution is 2.19. The highest BCUT2D eigenvalue weighted by molar-refractivity contribution is 8.76. The molecule has 27 heavy (non-hydrogen) atoms. The van der Waals surface area contributed by atoms with E-state index in [0.717, 1.165) is 11.5 Å². The van der Waals surface area contributed by atoms with Gasteiger partial charge in [-0.05, 0) is 0 Å². The summed E-state index contributed by atoms with van der Waals surface area (Å²) in [4.78, 5) is 44.9. The van der Waals surface area contributed by atoms with Crippen molar-refractivity contribution in [2.24, 2.45) is 5.84 Å². The summed E-state index contributed by atoms with van der Waals surface area (Å²) in [5.74, 6) is 5.41. The zero-order chi connectivity index (χ0) is 20.9. The van der Waals surface area contributed by atoms with E-state index in [4.69, 9.17) is 5.84 Å². The van der Waals surface area contributed by atoms with Gasteiger partial charge in [0.15, 0.2) is 0 Å². The van der Waals surface area contributed by atoms with Gasteiger partial charge in [-0.2, -0.15) is 0 Å². The van der Waals surface area contributed by atoms with Crippen LogP contribution >= 0.6 is 21.6 Å². The van der Waals surface area contributed by atoms with Crippen molar-refractivity contribution in [3.8, 4) is 0 Å². The van der Waals surface area contributed by atoms with Crippen molar-refractivity contribution in [3.05, 3.63) is 0 Å². The first-order valence-corrected chi connectivity index (χ1v) is 11.2. The average Bonchev–Trinajstić information content (AvgIpc) is 2.68. The van der Waals surface area contributed by atoms with E-state index < -0.39 is 0 Å². The number of nitrogens with one attached hydrogen (secondary N) is 5. The molecule has 4 amide bonds. The summed E-state index contributed by atoms with van der Waals surface area (Å²) in [6.45, 7) is 5.03. The van der Waals surface area contributed by atoms with Gasteiger partial charge in [-0.25, -0.2) is 11.3 Å². The van der Waals surface area contributed by atoms with E-state index in [0.29, 0.717) is 13.1 Å². The highest BCUT2D eigenvalue weighted by atomic mass is 33.1. The second kappa shape index (κ2) is 20.8. The maximum absolute atomic E-state index is 11.5. The lowest BCUT2D eigenvalue weighted by Gasteiger charge is -2.06. The van der Waals surface area contributed by atoms with Crippen LogP contribution in [0.15, 0.2) is 0 Å². The van der Waals surface area contributed by atoms with Gasteiger partial charge in [-0.15, -0.1) is 0 Å². The average molecular weight is 425 g/mol. The molecule has 0 aromatic heterocycles. The van der Waals surface area contributed by atoms with Crippen molar-refractivity contribution < 1.29 is 19.2 Å². The van der Waals surface area contributed by atoms with E-state index in [2.05, 4.69) is 21.5 Å². The minimum absolute atomic E-state index is 0.0700. The summed E-state index contributed by atoms with van der Waals surface area (Å²) in [6, 6.07) is 0. The summed E-state index contributed by atoms with van der Waals surface area (Å²) in [6.07, 6.45) is 0.473. The minimum atomic E-state index is -0.371. The van der Waals surface area contributed by atoms with E-state index in [-0.39, 0.29) is 49.3 Å². The quantitative estimate of drug-likeness (QED) is 0.0712. The Kier molecular flexibility index (Phi) is 21.4. The van der Waals surface area contributed by atoms with Crippen LogP contribution in [0.25, 0.3) is 0 Å². The van der Waals surface area contributed by atoms with Crippen molar-refractivity contribution in [2.45, 2.75) is 39.5 Å². The van der Waals surface area contributed by atoms with E-state index in [9.17, 15) is 19.2 Å². The summed E-state index contributed by atoms with van der Waals surface area (Å²) < 4.78 is 0. The lowest BCUT2D eigenvalue weighted by atomic mass is 10.3. The van der Waals surface area contributed by atoms with Crippen molar-refractivity contribution in [1.82, 2.24) is 26.9 Å². The fourth-order valence-corrected chi connectivity index (χ4v) is 3.30. The maximum atomic E-state index is 11.5. The molecule has 0 fully saturated rings. The normalized spacial score (nSPS) is 9.48. The largest absolute Gasteiger partial charge is 0.355 e. The molecule has 0 rings (SSSR count). The van der Waals surface area contributed by atoms with Crippen LogP contribution in [0.5, 0.6) is 0 Å². The third kappa shape index (κ3) is 20.7. The lowest BCUT2D eigenvalue weighted by Crippen LogP contribution is -2.35. The molecular formula is C15H32N6O4S2. The Hall–Kier alpha value is -1.50. The molecule has 0 heterocycles. The molecule has 158 valence electrons. The number of carbonyl (C=O) groups excluding carboxylic acids is 4. The van der Waals surface area contributed by atoms with Crippen LogP contribution in [0, 0.1) is 0 Å². The SMILES string of the molecule is CC.CNNC(=O)CCC(=O)NCCSSCCNC(=O)CCC(=O)NN. The Labute approximate surface area is 168 Å². The van der Waals surface area contributed by atoms with Gasteiger partial charge < -0.3 is 10.6 Å². The van der Waals surface area contributed by atoms with Crippen LogP contribution in [-0.4, -0.2) is 55.3 Å². The molecule has 0 atom stereocenters. The van der Waals surface area contributed by atoms with Gasteiger partial charge in [0, 0.05) is 57.3 Å². The topological polar surface area (TPSA) is 154 Å². The number of amides is 4. The van der Waals surface area contributed by atoms with Crippen molar-refractivity contribution in [1.29, 1.82) is 0 Å². The number of hydrogen-bond acceptors (Lipinski definition) is 8. The monoisotopic (exact) mass is 424 g/mol. The highest BCUT2D eigenvalue weighted by Gasteiger charge is 2.06. The molecular weight excluding hydrogens is 392 g/mol. The van der Waals surface area contributed by atoms with Gasteiger partial charge in [0.2, 0.25) is 23.6 Å². The first-order chi connectivity index (χ1) is 13.0. The fourth-order valence-electron chi connectivity index (χ4n) is 1.49. The van der Waals surface area contributed by atoms with Crippen LogP contribution in [0.3, 0.4) is 0 Å². The molecule has 0 aliphatic rings. The van der Waals surface area contributed by atoms with E-state index >= 15 is 0 Å². The summed E-state index contributed by atoms with van der Waals surface area (Å²) >= 11 is 0. The third-order valence-corrected chi connectivity index (χ3v) is 5.09. The zero-order valence-corrected chi connectivity index (χ0v) is 17.8. The molecule has 0 aliphatic heterocycles. The molecule has 0 spiro atoms. The van der Waals surface area contributed by atoms with Gasteiger partial charge in [0.05, 0.1) is 0 Å². The van der Waals surface area contributed by atoms with Gasteiger partial charge in [0.1, 0.15) is 0 Å². The molecule has 12 heteroatoms. The Morgan fingerprint density at radius 2 is 1.15 bits per heavy atom. The van der Waals surface area contributed by atoms with Crippen molar-refractivity contribution in [2.75, 3.05) is 31.6 Å². The van der Waals surface area contributed by atoms with Gasteiger partial charge in [0.25, 0.3) is 0 Å². The number of nitrogens with two attached hydrogens (primary N) is 1. The predicted octanol–water partition coefficient (Wildman–Crippen LogP) is -0.573. The molecule has 0 bridgehead atoms. The fraction of sp³-hybridized carbons (Fsp3) is 0.733. The summed E-state index contributed by atoms with van der Waals surface area (Å²) in [7, 11) is 4.74. The smallest absolute Gasteiger partial charge is 0.234 e. The second-order valence-corrected chi connectivity index (χ2v) is 7.41. The van der Waals surface area contributed by atoms with Crippen LogP contribution in [0.1, 0.15) is 39.5 Å². The first-order valence-electron chi connectivity index (χ1n) is 8.72. The molecule has 7 N–H and O–H groups in total. The Morgan fingerprint density at radius 3 is 1.56 bits per heavy atom. The standard InChI is InChI=1S/C13H26N6O4S2.C2H6/c1-15-19-13(23)5-3-11(21)17-7-9-25-24-8-6-16-10(20)2-4-12(22)18-14;1-2/h15H,2-9,14H2,1H3,(H,16,20)(H,17,21)(H,18,22)(H,19,23);1-2H3. The van der Waals surface area contributed by atoms with E-state index in [1.54, 1.807) is 28.6 Å². The second-order valence-electron chi connectivity index (χ2n) is 4.71. The third-order valence-electron chi connectivity index (χ3n) is 2.68. The van der Waals surface area contributed by atoms with E-state index in [1.165, 1.54) is 0 Å². The number of rotatable bonds is 14. The zero-order valence-electron chi connectivity index (χ0n) is 16.2. The summed E-state index contributed by atoms with van der Waals surface area (Å²) in [5, 5.41) is 5.43. The molecule has 0 aromatic carbocycles. The van der Waals surface area contributed by atoms with Crippen LogP contribution in [-0.2, 0) is 19.2 Å². The minimum Gasteiger partial charge on any atom is -0.355 e. The molecule has 0 saturated carbocycles. The van der Waals surface area contributed by atoms with Crippen LogP contribution in [0.4, 0.5) is 0 Å². The Balaban J connectivity index is 0. The van der Waals surface area contributed by atoms with E-state index in [1.807, 2.05) is 19.3 Å². The maximum Gasteiger partial charge on any atom is 0.234 e. The van der Waals surface area contributed by atoms with Gasteiger partial charge in [-0.3, -0.25) is 30.0 Å². The van der Waals surface area contributed by atoms with Crippen LogP contribution < -0.4 is 32.8 Å². The van der Waals surface area contributed by atoms with Gasteiger partial charge >= 0.3 is 0 Å². The first kappa shape index (κ1) is 27.7. The van der Waals surface area contributed by atoms with Crippen LogP contribution in [0.2, 0.25) is 0 Å². The predicted molar refractivity (Wildman–Crippen MR) is 110 cm³/mol. The molecule has 0 aromatic rings. The van der Waals surface area contributed by atoms with Crippen molar-refractivity contribution >= 4 is 45.2 Å². The number of hydrazine groups is 2. The Morgan fingerprint density at radius 1 is 0.741 bits per heavy atom.